The SMILES string of the molecule is COc1cccc(C(CNC(=O)C2(C)CCCCN2)N(C)C)c1.Cl.Cl. The van der Waals surface area contributed by atoms with Crippen LogP contribution >= 0.6 is 24.8 Å². The Balaban J connectivity index is 0.00000288. The molecular formula is C18H31Cl2N3O2. The van der Waals surface area contributed by atoms with Crippen LogP contribution in [0.1, 0.15) is 37.8 Å². The van der Waals surface area contributed by atoms with E-state index in [1.165, 1.54) is 0 Å². The molecule has 2 atom stereocenters. The zero-order valence-electron chi connectivity index (χ0n) is 15.5. The zero-order valence-corrected chi connectivity index (χ0v) is 17.1. The molecule has 1 heterocycles. The fraction of sp³-hybridized carbons (Fsp3) is 0.611. The molecule has 1 aliphatic rings. The number of amides is 1. The molecule has 5 nitrogen and oxygen atoms in total. The first-order valence-electron chi connectivity index (χ1n) is 8.30. The maximum Gasteiger partial charge on any atom is 0.240 e. The van der Waals surface area contributed by atoms with Crippen molar-refractivity contribution in [3.05, 3.63) is 29.8 Å². The number of piperidine rings is 1. The van der Waals surface area contributed by atoms with E-state index in [1.807, 2.05) is 39.2 Å². The molecule has 0 saturated carbocycles. The molecule has 0 radical (unpaired) electrons. The van der Waals surface area contributed by atoms with E-state index in [1.54, 1.807) is 7.11 Å². The van der Waals surface area contributed by atoms with Crippen molar-refractivity contribution in [1.29, 1.82) is 0 Å². The Bertz CT molecular complexity index is 535. The third-order valence-corrected chi connectivity index (χ3v) is 4.68. The predicted molar refractivity (Wildman–Crippen MR) is 107 cm³/mol. The van der Waals surface area contributed by atoms with Crippen LogP contribution in [0.4, 0.5) is 0 Å². The van der Waals surface area contributed by atoms with Crippen molar-refractivity contribution in [2.24, 2.45) is 0 Å². The van der Waals surface area contributed by atoms with Gasteiger partial charge in [-0.1, -0.05) is 12.1 Å². The predicted octanol–water partition coefficient (Wildman–Crippen LogP) is 2.79. The normalized spacial score (nSPS) is 20.8. The third kappa shape index (κ3) is 6.33. The lowest BCUT2D eigenvalue weighted by Crippen LogP contribution is -2.57. The first-order valence-corrected chi connectivity index (χ1v) is 8.30. The third-order valence-electron chi connectivity index (χ3n) is 4.68. The zero-order chi connectivity index (χ0) is 16.9. The smallest absolute Gasteiger partial charge is 0.240 e. The van der Waals surface area contributed by atoms with E-state index in [4.69, 9.17) is 4.74 Å². The molecule has 2 unspecified atom stereocenters. The fourth-order valence-corrected chi connectivity index (χ4v) is 3.08. The van der Waals surface area contributed by atoms with Crippen molar-refractivity contribution < 1.29 is 9.53 Å². The average molecular weight is 392 g/mol. The van der Waals surface area contributed by atoms with E-state index in [9.17, 15) is 4.79 Å². The Labute approximate surface area is 163 Å². The number of rotatable bonds is 6. The number of halogens is 2. The molecule has 1 aliphatic heterocycles. The monoisotopic (exact) mass is 391 g/mol. The molecule has 0 aliphatic carbocycles. The van der Waals surface area contributed by atoms with Gasteiger partial charge < -0.3 is 20.3 Å². The van der Waals surface area contributed by atoms with Gasteiger partial charge in [-0.25, -0.2) is 0 Å². The molecule has 1 amide bonds. The lowest BCUT2D eigenvalue weighted by molar-refractivity contribution is -0.128. The highest BCUT2D eigenvalue weighted by atomic mass is 35.5. The highest BCUT2D eigenvalue weighted by Crippen LogP contribution is 2.23. The second-order valence-electron chi connectivity index (χ2n) is 6.68. The number of likely N-dealkylation sites (N-methyl/N-ethyl adjacent to an activating group) is 1. The molecule has 7 heteroatoms. The molecule has 1 fully saturated rings. The van der Waals surface area contributed by atoms with Crippen molar-refractivity contribution in [3.63, 3.8) is 0 Å². The summed E-state index contributed by atoms with van der Waals surface area (Å²) in [4.78, 5) is 14.7. The summed E-state index contributed by atoms with van der Waals surface area (Å²) in [5.41, 5.74) is 0.695. The summed E-state index contributed by atoms with van der Waals surface area (Å²) in [6, 6.07) is 8.12. The highest BCUT2D eigenvalue weighted by molar-refractivity contribution is 5.86. The quantitative estimate of drug-likeness (QED) is 0.782. The van der Waals surface area contributed by atoms with Crippen molar-refractivity contribution in [3.8, 4) is 5.75 Å². The van der Waals surface area contributed by atoms with Crippen LogP contribution < -0.4 is 15.4 Å². The minimum Gasteiger partial charge on any atom is -0.497 e. The van der Waals surface area contributed by atoms with Gasteiger partial charge in [0.15, 0.2) is 0 Å². The molecule has 144 valence electrons. The van der Waals surface area contributed by atoms with Crippen molar-refractivity contribution in [2.45, 2.75) is 37.8 Å². The van der Waals surface area contributed by atoms with E-state index >= 15 is 0 Å². The molecule has 2 N–H and O–H groups in total. The summed E-state index contributed by atoms with van der Waals surface area (Å²) >= 11 is 0. The highest BCUT2D eigenvalue weighted by Gasteiger charge is 2.34. The van der Waals surface area contributed by atoms with Crippen LogP contribution in [0.5, 0.6) is 5.75 Å². The second-order valence-corrected chi connectivity index (χ2v) is 6.68. The van der Waals surface area contributed by atoms with Crippen LogP contribution in [0.25, 0.3) is 0 Å². The van der Waals surface area contributed by atoms with Crippen molar-refractivity contribution in [1.82, 2.24) is 15.5 Å². The van der Waals surface area contributed by atoms with Gasteiger partial charge in [0, 0.05) is 6.54 Å². The second kappa shape index (κ2) is 10.9. The van der Waals surface area contributed by atoms with Crippen LogP contribution in [0.3, 0.4) is 0 Å². The minimum absolute atomic E-state index is 0. The molecule has 1 saturated heterocycles. The Morgan fingerprint density at radius 1 is 1.36 bits per heavy atom. The molecule has 0 spiro atoms. The number of benzene rings is 1. The maximum atomic E-state index is 12.6. The Kier molecular flexibility index (Phi) is 10.4. The molecule has 1 aromatic carbocycles. The van der Waals surface area contributed by atoms with Crippen LogP contribution in [-0.2, 0) is 4.79 Å². The number of nitrogens with one attached hydrogen (secondary N) is 2. The Morgan fingerprint density at radius 3 is 2.64 bits per heavy atom. The summed E-state index contributed by atoms with van der Waals surface area (Å²) in [5, 5.41) is 6.49. The van der Waals surface area contributed by atoms with Gasteiger partial charge in [0.2, 0.25) is 5.91 Å². The first kappa shape index (κ1) is 24.0. The molecule has 2 rings (SSSR count). The first-order chi connectivity index (χ1) is 11.0. The summed E-state index contributed by atoms with van der Waals surface area (Å²) in [6.45, 7) is 3.49. The van der Waals surface area contributed by atoms with Gasteiger partial charge in [0.25, 0.3) is 0 Å². The topological polar surface area (TPSA) is 53.6 Å². The lowest BCUT2D eigenvalue weighted by Gasteiger charge is -2.34. The molecule has 0 aromatic heterocycles. The van der Waals surface area contributed by atoms with Gasteiger partial charge in [-0.2, -0.15) is 0 Å². The fourth-order valence-electron chi connectivity index (χ4n) is 3.08. The van der Waals surface area contributed by atoms with Crippen LogP contribution in [0.2, 0.25) is 0 Å². The molecule has 1 aromatic rings. The minimum atomic E-state index is -0.441. The van der Waals surface area contributed by atoms with Gasteiger partial charge in [0.05, 0.1) is 18.7 Å². The van der Waals surface area contributed by atoms with Crippen molar-refractivity contribution >= 4 is 30.7 Å². The van der Waals surface area contributed by atoms with E-state index in [2.05, 4.69) is 21.6 Å². The van der Waals surface area contributed by atoms with Gasteiger partial charge in [0.1, 0.15) is 5.75 Å². The van der Waals surface area contributed by atoms with Crippen LogP contribution in [0.15, 0.2) is 24.3 Å². The largest absolute Gasteiger partial charge is 0.497 e. The molecule has 25 heavy (non-hydrogen) atoms. The van der Waals surface area contributed by atoms with E-state index in [0.29, 0.717) is 6.54 Å². The van der Waals surface area contributed by atoms with E-state index < -0.39 is 5.54 Å². The number of nitrogens with zero attached hydrogens (tertiary/aromatic N) is 1. The summed E-state index contributed by atoms with van der Waals surface area (Å²) in [7, 11) is 5.72. The van der Waals surface area contributed by atoms with E-state index in [0.717, 1.165) is 37.1 Å². The lowest BCUT2D eigenvalue weighted by atomic mass is 9.90. The number of hydrogen-bond acceptors (Lipinski definition) is 4. The number of carbonyl (C=O) groups excluding carboxylic acids is 1. The maximum absolute atomic E-state index is 12.6. The van der Waals surface area contributed by atoms with Crippen LogP contribution in [0, 0.1) is 0 Å². The van der Waals surface area contributed by atoms with E-state index in [-0.39, 0.29) is 36.8 Å². The average Bonchev–Trinajstić information content (AvgIpc) is 2.55. The van der Waals surface area contributed by atoms with Crippen molar-refractivity contribution in [2.75, 3.05) is 34.3 Å². The van der Waals surface area contributed by atoms with Gasteiger partial charge >= 0.3 is 0 Å². The Morgan fingerprint density at radius 2 is 2.08 bits per heavy atom. The standard InChI is InChI=1S/C18H29N3O2.2ClH/c1-18(10-5-6-11-20-18)17(22)19-13-16(21(2)3)14-8-7-9-15(12-14)23-4;;/h7-9,12,16,20H,5-6,10-11,13H2,1-4H3,(H,19,22);2*1H. The summed E-state index contributed by atoms with van der Waals surface area (Å²) < 4.78 is 5.31. The number of hydrogen-bond donors (Lipinski definition) is 2. The molecule has 0 bridgehead atoms. The summed E-state index contributed by atoms with van der Waals surface area (Å²) in [5.74, 6) is 0.925. The Hall–Kier alpha value is -1.01. The van der Waals surface area contributed by atoms with Crippen LogP contribution in [-0.4, -0.2) is 50.6 Å². The molecular weight excluding hydrogens is 361 g/mol. The summed E-state index contributed by atoms with van der Waals surface area (Å²) in [6.07, 6.45) is 3.14. The van der Waals surface area contributed by atoms with Gasteiger partial charge in [-0.15, -0.1) is 24.8 Å². The number of methoxy groups -OCH3 is 1. The van der Waals surface area contributed by atoms with Gasteiger partial charge in [-0.3, -0.25) is 4.79 Å². The number of ether oxygens (including phenoxy) is 1. The number of carbonyl (C=O) groups is 1. The van der Waals surface area contributed by atoms with Gasteiger partial charge in [-0.05, 0) is 64.5 Å².